The molecule has 1 N–H and O–H groups in total. The van der Waals surface area contributed by atoms with Crippen molar-refractivity contribution in [1.82, 2.24) is 9.97 Å². The highest BCUT2D eigenvalue weighted by atomic mass is 19.4. The Morgan fingerprint density at radius 1 is 1.40 bits per heavy atom. The van der Waals surface area contributed by atoms with Gasteiger partial charge in [-0.1, -0.05) is 0 Å². The van der Waals surface area contributed by atoms with Gasteiger partial charge in [-0.2, -0.15) is 13.2 Å². The number of fused-ring (bicyclic) bond motifs is 1. The molecule has 0 radical (unpaired) electrons. The number of nitrogens with zero attached hydrogens (tertiary/aromatic N) is 1. The number of aromatic nitrogens is 2. The Kier molecular flexibility index (Phi) is 1.99. The van der Waals surface area contributed by atoms with Crippen molar-refractivity contribution in [2.45, 2.75) is 6.18 Å². The Hall–Kier alpha value is -1.85. The number of halogens is 3. The maximum Gasteiger partial charge on any atom is 0.419 e. The summed E-state index contributed by atoms with van der Waals surface area (Å²) in [6, 6.07) is 2.66. The lowest BCUT2D eigenvalue weighted by Gasteiger charge is -2.04. The molecule has 2 aromatic heterocycles. The van der Waals surface area contributed by atoms with Gasteiger partial charge < -0.3 is 4.98 Å². The Labute approximate surface area is 81.9 Å². The highest BCUT2D eigenvalue weighted by molar-refractivity contribution is 5.90. The van der Waals surface area contributed by atoms with Crippen molar-refractivity contribution >= 4 is 17.3 Å². The normalized spacial score (nSPS) is 11.9. The van der Waals surface area contributed by atoms with Gasteiger partial charge in [0, 0.05) is 11.6 Å². The van der Waals surface area contributed by atoms with Crippen LogP contribution in [0, 0.1) is 0 Å². The lowest BCUT2D eigenvalue weighted by molar-refractivity contribution is -0.136. The number of nitrogens with one attached hydrogen (secondary N) is 1. The highest BCUT2D eigenvalue weighted by Crippen LogP contribution is 2.36. The van der Waals surface area contributed by atoms with Crippen molar-refractivity contribution in [1.29, 1.82) is 0 Å². The van der Waals surface area contributed by atoms with E-state index in [2.05, 4.69) is 9.97 Å². The number of aromatic amines is 1. The lowest BCUT2D eigenvalue weighted by Crippen LogP contribution is -2.07. The van der Waals surface area contributed by atoms with E-state index in [1.165, 1.54) is 18.3 Å². The fraction of sp³-hybridized carbons (Fsp3) is 0.111. The minimum Gasteiger partial charge on any atom is -0.337 e. The fourth-order valence-corrected chi connectivity index (χ4v) is 1.44. The van der Waals surface area contributed by atoms with Gasteiger partial charge in [0.25, 0.3) is 0 Å². The van der Waals surface area contributed by atoms with Crippen LogP contribution in [-0.4, -0.2) is 16.3 Å². The van der Waals surface area contributed by atoms with E-state index in [9.17, 15) is 18.0 Å². The molecule has 0 spiro atoms. The topological polar surface area (TPSA) is 45.8 Å². The van der Waals surface area contributed by atoms with Crippen molar-refractivity contribution in [2.24, 2.45) is 0 Å². The van der Waals surface area contributed by atoms with Crippen LogP contribution in [0.5, 0.6) is 0 Å². The fourth-order valence-electron chi connectivity index (χ4n) is 1.44. The summed E-state index contributed by atoms with van der Waals surface area (Å²) in [5.74, 6) is 0. The van der Waals surface area contributed by atoms with Crippen LogP contribution >= 0.6 is 0 Å². The molecule has 0 amide bonds. The van der Waals surface area contributed by atoms with Gasteiger partial charge in [0.15, 0.2) is 6.29 Å². The molecule has 0 aliphatic rings. The van der Waals surface area contributed by atoms with Crippen LogP contribution in [-0.2, 0) is 6.18 Å². The molecule has 0 unspecified atom stereocenters. The Morgan fingerprint density at radius 3 is 2.73 bits per heavy atom. The van der Waals surface area contributed by atoms with E-state index in [0.29, 0.717) is 0 Å². The number of pyridine rings is 1. The van der Waals surface area contributed by atoms with E-state index >= 15 is 0 Å². The Bertz CT molecular complexity index is 516. The number of carbonyl (C=O) groups excluding carboxylic acids is 1. The number of H-pyrrole nitrogens is 1. The Balaban J connectivity index is 2.84. The van der Waals surface area contributed by atoms with E-state index in [1.54, 1.807) is 0 Å². The van der Waals surface area contributed by atoms with E-state index in [4.69, 9.17) is 0 Å². The predicted molar refractivity (Wildman–Crippen MR) is 46.5 cm³/mol. The van der Waals surface area contributed by atoms with Crippen molar-refractivity contribution in [3.8, 4) is 0 Å². The summed E-state index contributed by atoms with van der Waals surface area (Å²) >= 11 is 0. The van der Waals surface area contributed by atoms with Crippen molar-refractivity contribution in [3.63, 3.8) is 0 Å². The van der Waals surface area contributed by atoms with Crippen LogP contribution in [0.15, 0.2) is 18.3 Å². The number of carbonyl (C=O) groups is 1. The Morgan fingerprint density at radius 2 is 2.13 bits per heavy atom. The zero-order valence-electron chi connectivity index (χ0n) is 7.30. The molecular formula is C9H5F3N2O. The number of hydrogen-bond acceptors (Lipinski definition) is 2. The predicted octanol–water partition coefficient (Wildman–Crippen LogP) is 2.39. The summed E-state index contributed by atoms with van der Waals surface area (Å²) in [5, 5.41) is -0.0906. The lowest BCUT2D eigenvalue weighted by atomic mass is 10.1. The van der Waals surface area contributed by atoms with Gasteiger partial charge in [0.1, 0.15) is 5.65 Å². The first-order chi connectivity index (χ1) is 7.04. The third-order valence-electron chi connectivity index (χ3n) is 2.00. The van der Waals surface area contributed by atoms with E-state index in [0.717, 1.165) is 0 Å². The summed E-state index contributed by atoms with van der Waals surface area (Å²) in [4.78, 5) is 16.5. The molecule has 15 heavy (non-hydrogen) atoms. The van der Waals surface area contributed by atoms with Gasteiger partial charge >= 0.3 is 6.18 Å². The van der Waals surface area contributed by atoms with Crippen LogP contribution < -0.4 is 0 Å². The van der Waals surface area contributed by atoms with Crippen molar-refractivity contribution in [3.05, 3.63) is 29.6 Å². The van der Waals surface area contributed by atoms with Crippen LogP contribution in [0.3, 0.4) is 0 Å². The van der Waals surface area contributed by atoms with E-state index < -0.39 is 17.4 Å². The maximum absolute atomic E-state index is 12.6. The third-order valence-corrected chi connectivity index (χ3v) is 2.00. The molecule has 2 aromatic rings. The largest absolute Gasteiger partial charge is 0.419 e. The molecule has 3 nitrogen and oxygen atoms in total. The van der Waals surface area contributed by atoms with E-state index in [-0.39, 0.29) is 17.3 Å². The number of hydrogen-bond donors (Lipinski definition) is 1. The van der Waals surface area contributed by atoms with Gasteiger partial charge in [-0.25, -0.2) is 4.98 Å². The van der Waals surface area contributed by atoms with Gasteiger partial charge in [0.05, 0.1) is 11.3 Å². The van der Waals surface area contributed by atoms with E-state index in [1.807, 2.05) is 0 Å². The van der Waals surface area contributed by atoms with Crippen LogP contribution in [0.2, 0.25) is 0 Å². The molecule has 6 heteroatoms. The molecule has 0 aromatic carbocycles. The standard InChI is InChI=1S/C9H5F3N2O/c10-9(11,12)7-5-2-1-3-13-8(5)14-6(7)4-15/h1-4H,(H,13,14). The SMILES string of the molecule is O=Cc1[nH]c2ncccc2c1C(F)(F)F. The molecule has 0 fully saturated rings. The molecule has 0 aliphatic heterocycles. The monoisotopic (exact) mass is 214 g/mol. The summed E-state index contributed by atoms with van der Waals surface area (Å²) in [7, 11) is 0. The molecule has 0 saturated carbocycles. The molecule has 0 bridgehead atoms. The molecule has 78 valence electrons. The summed E-state index contributed by atoms with van der Waals surface area (Å²) < 4.78 is 37.8. The van der Waals surface area contributed by atoms with Crippen LogP contribution in [0.25, 0.3) is 11.0 Å². The number of rotatable bonds is 1. The first-order valence-electron chi connectivity index (χ1n) is 4.03. The minimum atomic E-state index is -4.56. The van der Waals surface area contributed by atoms with Gasteiger partial charge in [0.2, 0.25) is 0 Å². The number of alkyl halides is 3. The second-order valence-corrected chi connectivity index (χ2v) is 2.93. The number of aldehydes is 1. The molecule has 0 atom stereocenters. The first kappa shape index (κ1) is 9.70. The van der Waals surface area contributed by atoms with Gasteiger partial charge in [-0.3, -0.25) is 4.79 Å². The summed E-state index contributed by atoms with van der Waals surface area (Å²) in [6.07, 6.45) is -3.06. The average molecular weight is 214 g/mol. The molecule has 0 saturated heterocycles. The molecular weight excluding hydrogens is 209 g/mol. The second kappa shape index (κ2) is 3.08. The summed E-state index contributed by atoms with van der Waals surface area (Å²) in [5.41, 5.74) is -1.39. The quantitative estimate of drug-likeness (QED) is 0.741. The summed E-state index contributed by atoms with van der Waals surface area (Å²) in [6.45, 7) is 0. The van der Waals surface area contributed by atoms with Crippen molar-refractivity contribution in [2.75, 3.05) is 0 Å². The second-order valence-electron chi connectivity index (χ2n) is 2.93. The zero-order valence-corrected chi connectivity index (χ0v) is 7.30. The molecule has 2 rings (SSSR count). The third kappa shape index (κ3) is 1.47. The van der Waals surface area contributed by atoms with Crippen molar-refractivity contribution < 1.29 is 18.0 Å². The molecule has 2 heterocycles. The average Bonchev–Trinajstić information content (AvgIpc) is 2.54. The first-order valence-corrected chi connectivity index (χ1v) is 4.03. The van der Waals surface area contributed by atoms with Gasteiger partial charge in [-0.15, -0.1) is 0 Å². The highest BCUT2D eigenvalue weighted by Gasteiger charge is 2.37. The zero-order chi connectivity index (χ0) is 11.1. The van der Waals surface area contributed by atoms with Gasteiger partial charge in [-0.05, 0) is 12.1 Å². The van der Waals surface area contributed by atoms with Crippen LogP contribution in [0.4, 0.5) is 13.2 Å². The smallest absolute Gasteiger partial charge is 0.337 e. The maximum atomic E-state index is 12.6. The minimum absolute atomic E-state index is 0.0620. The van der Waals surface area contributed by atoms with Crippen LogP contribution in [0.1, 0.15) is 16.1 Å². The molecule has 0 aliphatic carbocycles.